The lowest BCUT2D eigenvalue weighted by atomic mass is 10.2. The molecule has 0 N–H and O–H groups in total. The maximum Gasteiger partial charge on any atom is 0.429 e. The van der Waals surface area contributed by atoms with Crippen LogP contribution in [0.2, 0.25) is 0 Å². The molecule has 0 saturated heterocycles. The fourth-order valence-corrected chi connectivity index (χ4v) is 2.28. The number of ether oxygens (including phenoxy) is 1. The monoisotopic (exact) mass is 370 g/mol. The van der Waals surface area contributed by atoms with Gasteiger partial charge in [0.2, 0.25) is 0 Å². The van der Waals surface area contributed by atoms with E-state index in [9.17, 15) is 9.59 Å². The van der Waals surface area contributed by atoms with Crippen LogP contribution in [-0.2, 0) is 16.1 Å². The fraction of sp³-hybridized carbons (Fsp3) is 0.500. The van der Waals surface area contributed by atoms with E-state index in [0.29, 0.717) is 6.54 Å². The van der Waals surface area contributed by atoms with Crippen molar-refractivity contribution in [2.24, 2.45) is 0 Å². The topological polar surface area (TPSA) is 49.9 Å². The van der Waals surface area contributed by atoms with E-state index < -0.39 is 6.09 Å². The minimum atomic E-state index is -0.505. The van der Waals surface area contributed by atoms with Crippen LogP contribution in [0.5, 0.6) is 0 Å². The summed E-state index contributed by atoms with van der Waals surface area (Å²) in [5.41, 5.74) is 0.912. The molecule has 0 spiro atoms. The highest BCUT2D eigenvalue weighted by atomic mass is 79.9. The zero-order valence-electron chi connectivity index (χ0n) is 13.3. The molecule has 0 aliphatic rings. The van der Waals surface area contributed by atoms with Crippen molar-refractivity contribution >= 4 is 27.9 Å². The Hall–Kier alpha value is -1.56. The second-order valence-electron chi connectivity index (χ2n) is 4.89. The van der Waals surface area contributed by atoms with Crippen molar-refractivity contribution in [1.29, 1.82) is 0 Å². The van der Waals surface area contributed by atoms with E-state index in [2.05, 4.69) is 15.9 Å². The second-order valence-corrected chi connectivity index (χ2v) is 5.45. The highest BCUT2D eigenvalue weighted by molar-refractivity contribution is 9.09. The SMILES string of the molecule is CCC(C)N(C(=O)OCc1ccccc1)N(CC)C(=O)CBr. The van der Waals surface area contributed by atoms with E-state index in [4.69, 9.17) is 4.74 Å². The average molecular weight is 371 g/mol. The van der Waals surface area contributed by atoms with Gasteiger partial charge in [-0.05, 0) is 25.8 Å². The van der Waals surface area contributed by atoms with Gasteiger partial charge in [-0.25, -0.2) is 14.8 Å². The number of carbonyl (C=O) groups is 2. The summed E-state index contributed by atoms with van der Waals surface area (Å²) < 4.78 is 5.37. The third kappa shape index (κ3) is 5.02. The Bertz CT molecular complexity index is 482. The molecule has 0 aliphatic heterocycles. The van der Waals surface area contributed by atoms with E-state index in [1.54, 1.807) is 0 Å². The second kappa shape index (κ2) is 9.46. The molecule has 6 heteroatoms. The summed E-state index contributed by atoms with van der Waals surface area (Å²) in [5.74, 6) is -0.167. The zero-order valence-corrected chi connectivity index (χ0v) is 14.9. The van der Waals surface area contributed by atoms with Gasteiger partial charge < -0.3 is 4.74 Å². The number of alkyl halides is 1. The van der Waals surface area contributed by atoms with Crippen LogP contribution in [0.1, 0.15) is 32.8 Å². The number of nitrogens with zero attached hydrogens (tertiary/aromatic N) is 2. The van der Waals surface area contributed by atoms with Crippen molar-refractivity contribution in [3.63, 3.8) is 0 Å². The molecule has 122 valence electrons. The zero-order chi connectivity index (χ0) is 16.5. The smallest absolute Gasteiger partial charge is 0.429 e. The van der Waals surface area contributed by atoms with E-state index >= 15 is 0 Å². The minimum absolute atomic E-state index is 0.119. The Labute approximate surface area is 140 Å². The molecule has 0 fully saturated rings. The molecule has 1 aromatic carbocycles. The molecule has 0 radical (unpaired) electrons. The van der Waals surface area contributed by atoms with Crippen molar-refractivity contribution < 1.29 is 14.3 Å². The highest BCUT2D eigenvalue weighted by Gasteiger charge is 2.29. The van der Waals surface area contributed by atoms with Gasteiger partial charge in [-0.3, -0.25) is 4.79 Å². The molecule has 0 saturated carbocycles. The fourth-order valence-electron chi connectivity index (χ4n) is 1.99. The lowest BCUT2D eigenvalue weighted by molar-refractivity contribution is -0.146. The van der Waals surface area contributed by atoms with Crippen LogP contribution < -0.4 is 0 Å². The lowest BCUT2D eigenvalue weighted by Crippen LogP contribution is -2.54. The Morgan fingerprint density at radius 2 is 1.86 bits per heavy atom. The van der Waals surface area contributed by atoms with Gasteiger partial charge in [0.1, 0.15) is 6.61 Å². The normalized spacial score (nSPS) is 11.6. The quantitative estimate of drug-likeness (QED) is 0.567. The van der Waals surface area contributed by atoms with Crippen LogP contribution in [-0.4, -0.2) is 39.9 Å². The molecule has 0 aromatic heterocycles. The number of benzene rings is 1. The molecule has 0 heterocycles. The first kappa shape index (κ1) is 18.5. The van der Waals surface area contributed by atoms with Gasteiger partial charge in [0.25, 0.3) is 5.91 Å². The van der Waals surface area contributed by atoms with Gasteiger partial charge in [-0.2, -0.15) is 0 Å². The molecular formula is C16H23BrN2O3. The van der Waals surface area contributed by atoms with Crippen molar-refractivity contribution in [3.05, 3.63) is 35.9 Å². The van der Waals surface area contributed by atoms with Gasteiger partial charge in [0.05, 0.1) is 11.4 Å². The van der Waals surface area contributed by atoms with Crippen molar-refractivity contribution in [1.82, 2.24) is 10.0 Å². The Morgan fingerprint density at radius 1 is 1.23 bits per heavy atom. The van der Waals surface area contributed by atoms with Gasteiger partial charge in [0, 0.05) is 6.54 Å². The first-order valence-electron chi connectivity index (χ1n) is 7.41. The standard InChI is InChI=1S/C16H23BrN2O3/c1-4-13(3)19(18(5-2)15(20)11-17)16(21)22-12-14-9-7-6-8-10-14/h6-10,13H,4-5,11-12H2,1-3H3. The van der Waals surface area contributed by atoms with Gasteiger partial charge in [-0.1, -0.05) is 53.2 Å². The molecule has 22 heavy (non-hydrogen) atoms. The van der Waals surface area contributed by atoms with E-state index in [1.165, 1.54) is 10.0 Å². The third-order valence-electron chi connectivity index (χ3n) is 3.36. The van der Waals surface area contributed by atoms with Crippen LogP contribution in [0, 0.1) is 0 Å². The summed E-state index contributed by atoms with van der Waals surface area (Å²) in [6, 6.07) is 9.35. The lowest BCUT2D eigenvalue weighted by Gasteiger charge is -2.36. The molecular weight excluding hydrogens is 348 g/mol. The number of hydrazine groups is 1. The number of hydrogen-bond acceptors (Lipinski definition) is 3. The molecule has 1 unspecified atom stereocenters. The van der Waals surface area contributed by atoms with Crippen molar-refractivity contribution in [2.45, 2.75) is 39.8 Å². The molecule has 1 aromatic rings. The molecule has 0 aliphatic carbocycles. The Kier molecular flexibility index (Phi) is 7.95. The summed E-state index contributed by atoms with van der Waals surface area (Å²) in [4.78, 5) is 24.4. The molecule has 5 nitrogen and oxygen atoms in total. The first-order chi connectivity index (χ1) is 10.5. The minimum Gasteiger partial charge on any atom is -0.443 e. The molecule has 1 atom stereocenters. The van der Waals surface area contributed by atoms with E-state index in [-0.39, 0.29) is 23.9 Å². The molecule has 1 rings (SSSR count). The summed E-state index contributed by atoms with van der Waals surface area (Å²) in [5, 5.41) is 3.00. The highest BCUT2D eigenvalue weighted by Crippen LogP contribution is 2.13. The van der Waals surface area contributed by atoms with Crippen LogP contribution in [0.15, 0.2) is 30.3 Å². The Morgan fingerprint density at radius 3 is 2.36 bits per heavy atom. The summed E-state index contributed by atoms with van der Waals surface area (Å²) in [7, 11) is 0. The van der Waals surface area contributed by atoms with Crippen LogP contribution in [0.4, 0.5) is 4.79 Å². The van der Waals surface area contributed by atoms with Crippen LogP contribution >= 0.6 is 15.9 Å². The number of halogens is 1. The molecule has 0 bridgehead atoms. The largest absolute Gasteiger partial charge is 0.443 e. The average Bonchev–Trinajstić information content (AvgIpc) is 2.57. The predicted molar refractivity (Wildman–Crippen MR) is 89.4 cm³/mol. The van der Waals surface area contributed by atoms with Crippen molar-refractivity contribution in [3.8, 4) is 0 Å². The van der Waals surface area contributed by atoms with Gasteiger partial charge >= 0.3 is 6.09 Å². The summed E-state index contributed by atoms with van der Waals surface area (Å²) in [6.07, 6.45) is 0.223. The van der Waals surface area contributed by atoms with Crippen LogP contribution in [0.25, 0.3) is 0 Å². The van der Waals surface area contributed by atoms with Gasteiger partial charge in [-0.15, -0.1) is 0 Å². The number of rotatable bonds is 6. The van der Waals surface area contributed by atoms with E-state index in [1.807, 2.05) is 51.1 Å². The number of amides is 2. The third-order valence-corrected chi connectivity index (χ3v) is 3.84. The maximum absolute atomic E-state index is 12.4. The van der Waals surface area contributed by atoms with Crippen molar-refractivity contribution in [2.75, 3.05) is 11.9 Å². The first-order valence-corrected chi connectivity index (χ1v) is 8.53. The summed E-state index contributed by atoms with van der Waals surface area (Å²) >= 11 is 3.15. The van der Waals surface area contributed by atoms with E-state index in [0.717, 1.165) is 12.0 Å². The Balaban J connectivity index is 2.82. The molecule has 2 amide bonds. The van der Waals surface area contributed by atoms with Gasteiger partial charge in [0.15, 0.2) is 0 Å². The summed E-state index contributed by atoms with van der Waals surface area (Å²) in [6.45, 7) is 6.30. The predicted octanol–water partition coefficient (Wildman–Crippen LogP) is 3.58. The number of hydrogen-bond donors (Lipinski definition) is 0. The van der Waals surface area contributed by atoms with Crippen LogP contribution in [0.3, 0.4) is 0 Å². The maximum atomic E-state index is 12.4. The number of carbonyl (C=O) groups excluding carboxylic acids is 2.